The number of hydrogen-bond donors (Lipinski definition) is 8. The molecule has 32 heavy (non-hydrogen) atoms. The molecule has 1 aromatic rings. The number of nitrogens with two attached hydrogens (primary N) is 1. The van der Waals surface area contributed by atoms with Gasteiger partial charge in [0.05, 0.1) is 25.1 Å². The molecule has 3 amide bonds. The minimum atomic E-state index is -1.64. The van der Waals surface area contributed by atoms with Crippen molar-refractivity contribution in [1.82, 2.24) is 25.9 Å². The normalized spacial score (nSPS) is 16.7. The SMILES string of the molecule is CCC(C)C(N)C(=O)NC(Cc1cnc[nH]1)C(=O)NC(CO)C(=O)NC(C(=O)O)C(C)O. The second kappa shape index (κ2) is 12.7. The van der Waals surface area contributed by atoms with Crippen LogP contribution in [0.15, 0.2) is 12.5 Å². The third-order valence-electron chi connectivity index (χ3n) is 5.03. The predicted octanol–water partition coefficient (Wildman–Crippen LogP) is -2.76. The molecule has 0 bridgehead atoms. The molecule has 0 aliphatic rings. The Kier molecular flexibility index (Phi) is 10.7. The number of H-pyrrole nitrogens is 1. The fraction of sp³-hybridized carbons (Fsp3) is 0.632. The third-order valence-corrected chi connectivity index (χ3v) is 5.03. The minimum Gasteiger partial charge on any atom is -0.480 e. The number of carboxylic acid groups (broad SMARTS) is 1. The maximum atomic E-state index is 12.8. The number of aliphatic hydroxyl groups is 2. The van der Waals surface area contributed by atoms with E-state index in [-0.39, 0.29) is 12.3 Å². The van der Waals surface area contributed by atoms with Gasteiger partial charge < -0.3 is 42.0 Å². The highest BCUT2D eigenvalue weighted by Crippen LogP contribution is 2.07. The molecule has 1 heterocycles. The van der Waals surface area contributed by atoms with Crippen molar-refractivity contribution in [3.63, 3.8) is 0 Å². The van der Waals surface area contributed by atoms with Crippen molar-refractivity contribution in [2.24, 2.45) is 11.7 Å². The first-order valence-electron chi connectivity index (χ1n) is 10.2. The number of aliphatic carboxylic acids is 1. The van der Waals surface area contributed by atoms with E-state index in [1.165, 1.54) is 19.4 Å². The Balaban J connectivity index is 2.95. The summed E-state index contributed by atoms with van der Waals surface area (Å²) in [6.45, 7) is 3.99. The van der Waals surface area contributed by atoms with Crippen LogP contribution in [0.1, 0.15) is 32.9 Å². The van der Waals surface area contributed by atoms with Crippen LogP contribution in [0.4, 0.5) is 0 Å². The molecule has 0 spiro atoms. The summed E-state index contributed by atoms with van der Waals surface area (Å²) < 4.78 is 0. The molecule has 180 valence electrons. The molecule has 6 atom stereocenters. The monoisotopic (exact) mass is 456 g/mol. The molecule has 13 heteroatoms. The zero-order chi connectivity index (χ0) is 24.4. The smallest absolute Gasteiger partial charge is 0.328 e. The van der Waals surface area contributed by atoms with E-state index in [4.69, 9.17) is 10.8 Å². The number of carbonyl (C=O) groups excluding carboxylic acids is 3. The molecular weight excluding hydrogens is 424 g/mol. The summed E-state index contributed by atoms with van der Waals surface area (Å²) in [5.74, 6) is -4.02. The van der Waals surface area contributed by atoms with E-state index in [9.17, 15) is 29.4 Å². The summed E-state index contributed by atoms with van der Waals surface area (Å²) in [4.78, 5) is 55.5. The van der Waals surface area contributed by atoms with Crippen LogP contribution < -0.4 is 21.7 Å². The Morgan fingerprint density at radius 3 is 2.16 bits per heavy atom. The van der Waals surface area contributed by atoms with Crippen LogP contribution in [0.5, 0.6) is 0 Å². The van der Waals surface area contributed by atoms with Gasteiger partial charge in [-0.3, -0.25) is 14.4 Å². The van der Waals surface area contributed by atoms with E-state index in [0.29, 0.717) is 12.1 Å². The molecule has 9 N–H and O–H groups in total. The number of aliphatic hydroxyl groups excluding tert-OH is 2. The lowest BCUT2D eigenvalue weighted by atomic mass is 9.98. The van der Waals surface area contributed by atoms with E-state index >= 15 is 0 Å². The Bertz CT molecular complexity index is 770. The number of aromatic amines is 1. The second-order valence-corrected chi connectivity index (χ2v) is 7.56. The highest BCUT2D eigenvalue weighted by atomic mass is 16.4. The lowest BCUT2D eigenvalue weighted by Crippen LogP contribution is -2.59. The molecule has 6 unspecified atom stereocenters. The highest BCUT2D eigenvalue weighted by Gasteiger charge is 2.32. The average molecular weight is 457 g/mol. The largest absolute Gasteiger partial charge is 0.480 e. The van der Waals surface area contributed by atoms with E-state index in [2.05, 4.69) is 25.9 Å². The molecule has 0 fully saturated rings. The number of nitrogens with zero attached hydrogens (tertiary/aromatic N) is 1. The summed E-state index contributed by atoms with van der Waals surface area (Å²) in [5, 5.41) is 35.0. The van der Waals surface area contributed by atoms with Crippen molar-refractivity contribution in [1.29, 1.82) is 0 Å². The molecule has 1 aromatic heterocycles. The number of aromatic nitrogens is 2. The Labute approximate surface area is 185 Å². The quantitative estimate of drug-likeness (QED) is 0.154. The standard InChI is InChI=1S/C19H32N6O7/c1-4-9(2)14(20)18(30)23-12(5-11-6-21-8-22-11)16(28)24-13(7-26)17(29)25-15(10(3)27)19(31)32/h6,8-10,12-15,26-27H,4-5,7,20H2,1-3H3,(H,21,22)(H,23,30)(H,24,28)(H,25,29)(H,31,32). The Morgan fingerprint density at radius 1 is 1.09 bits per heavy atom. The molecule has 1 rings (SSSR count). The first-order chi connectivity index (χ1) is 15.0. The number of carboxylic acids is 1. The van der Waals surface area contributed by atoms with Gasteiger partial charge in [-0.25, -0.2) is 9.78 Å². The maximum absolute atomic E-state index is 12.8. The number of carbonyl (C=O) groups is 4. The summed E-state index contributed by atoms with van der Waals surface area (Å²) in [5.41, 5.74) is 6.45. The molecule has 0 saturated carbocycles. The van der Waals surface area contributed by atoms with Gasteiger partial charge in [0.15, 0.2) is 6.04 Å². The first-order valence-corrected chi connectivity index (χ1v) is 10.2. The number of amides is 3. The Morgan fingerprint density at radius 2 is 1.69 bits per heavy atom. The van der Waals surface area contributed by atoms with Gasteiger partial charge in [0, 0.05) is 18.3 Å². The maximum Gasteiger partial charge on any atom is 0.328 e. The van der Waals surface area contributed by atoms with E-state index in [1.807, 2.05) is 6.92 Å². The van der Waals surface area contributed by atoms with Crippen molar-refractivity contribution in [2.75, 3.05) is 6.61 Å². The van der Waals surface area contributed by atoms with Gasteiger partial charge in [0.2, 0.25) is 17.7 Å². The molecule has 0 aliphatic carbocycles. The van der Waals surface area contributed by atoms with Crippen LogP contribution in [-0.4, -0.2) is 85.9 Å². The van der Waals surface area contributed by atoms with Crippen LogP contribution in [0.25, 0.3) is 0 Å². The molecule has 0 aliphatic heterocycles. The average Bonchev–Trinajstić information content (AvgIpc) is 3.26. The van der Waals surface area contributed by atoms with Gasteiger partial charge in [-0.15, -0.1) is 0 Å². The van der Waals surface area contributed by atoms with Crippen molar-refractivity contribution >= 4 is 23.7 Å². The van der Waals surface area contributed by atoms with Gasteiger partial charge in [0.25, 0.3) is 0 Å². The minimum absolute atomic E-state index is 0.00398. The van der Waals surface area contributed by atoms with Gasteiger partial charge in [-0.2, -0.15) is 0 Å². The van der Waals surface area contributed by atoms with Gasteiger partial charge in [-0.05, 0) is 12.8 Å². The fourth-order valence-electron chi connectivity index (χ4n) is 2.71. The second-order valence-electron chi connectivity index (χ2n) is 7.56. The van der Waals surface area contributed by atoms with E-state index in [0.717, 1.165) is 0 Å². The van der Waals surface area contributed by atoms with E-state index < -0.39 is 60.6 Å². The van der Waals surface area contributed by atoms with Gasteiger partial charge >= 0.3 is 5.97 Å². The summed E-state index contributed by atoms with van der Waals surface area (Å²) in [6, 6.07) is -5.18. The zero-order valence-electron chi connectivity index (χ0n) is 18.2. The first kappa shape index (κ1) is 27.0. The number of rotatable bonds is 13. The van der Waals surface area contributed by atoms with Crippen molar-refractivity contribution in [3.05, 3.63) is 18.2 Å². The summed E-state index contributed by atoms with van der Waals surface area (Å²) >= 11 is 0. The van der Waals surface area contributed by atoms with Crippen LogP contribution in [-0.2, 0) is 25.6 Å². The van der Waals surface area contributed by atoms with Crippen molar-refractivity contribution in [2.45, 2.75) is 63.9 Å². The van der Waals surface area contributed by atoms with Gasteiger partial charge in [-0.1, -0.05) is 20.3 Å². The molecule has 0 radical (unpaired) electrons. The molecule has 0 aromatic carbocycles. The molecule has 13 nitrogen and oxygen atoms in total. The number of hydrogen-bond acceptors (Lipinski definition) is 8. The van der Waals surface area contributed by atoms with Crippen molar-refractivity contribution < 1.29 is 34.5 Å². The van der Waals surface area contributed by atoms with Crippen LogP contribution in [0, 0.1) is 5.92 Å². The van der Waals surface area contributed by atoms with Crippen LogP contribution in [0.3, 0.4) is 0 Å². The summed E-state index contributed by atoms with van der Waals surface area (Å²) in [7, 11) is 0. The predicted molar refractivity (Wildman–Crippen MR) is 112 cm³/mol. The molecule has 0 saturated heterocycles. The highest BCUT2D eigenvalue weighted by molar-refractivity contribution is 5.94. The Hall–Kier alpha value is -3.03. The van der Waals surface area contributed by atoms with Gasteiger partial charge in [0.1, 0.15) is 12.1 Å². The lowest BCUT2D eigenvalue weighted by molar-refractivity contribution is -0.145. The third kappa shape index (κ3) is 7.90. The lowest BCUT2D eigenvalue weighted by Gasteiger charge is -2.25. The molecular formula is C19H32N6O7. The number of imidazole rings is 1. The van der Waals surface area contributed by atoms with Crippen molar-refractivity contribution in [3.8, 4) is 0 Å². The topological polar surface area (TPSA) is 220 Å². The van der Waals surface area contributed by atoms with Crippen LogP contribution in [0.2, 0.25) is 0 Å². The van der Waals surface area contributed by atoms with E-state index in [1.54, 1.807) is 6.92 Å². The fourth-order valence-corrected chi connectivity index (χ4v) is 2.71. The zero-order valence-corrected chi connectivity index (χ0v) is 18.2. The number of nitrogens with one attached hydrogen (secondary N) is 4. The van der Waals surface area contributed by atoms with Crippen LogP contribution >= 0.6 is 0 Å². The summed E-state index contributed by atoms with van der Waals surface area (Å²) in [6.07, 6.45) is 2.07.